The van der Waals surface area contributed by atoms with Gasteiger partial charge in [0.2, 0.25) is 0 Å². The van der Waals surface area contributed by atoms with Gasteiger partial charge in [-0.3, -0.25) is 4.21 Å². The van der Waals surface area contributed by atoms with Crippen molar-refractivity contribution in [3.8, 4) is 0 Å². The fraction of sp³-hybridized carbons (Fsp3) is 0.714. The van der Waals surface area contributed by atoms with Crippen LogP contribution in [0.15, 0.2) is 30.3 Å². The third-order valence-corrected chi connectivity index (χ3v) is 11.5. The Labute approximate surface area is 169 Å². The van der Waals surface area contributed by atoms with Crippen LogP contribution in [0.5, 0.6) is 0 Å². The van der Waals surface area contributed by atoms with Gasteiger partial charge in [0.1, 0.15) is 0 Å². The molecule has 6 heteroatoms. The van der Waals surface area contributed by atoms with E-state index in [1.54, 1.807) is 4.31 Å². The molecule has 1 aliphatic rings. The summed E-state index contributed by atoms with van der Waals surface area (Å²) in [5.74, 6) is 1.08. The molecule has 0 aromatic heterocycles. The van der Waals surface area contributed by atoms with Gasteiger partial charge in [0, 0.05) is 31.0 Å². The number of hydrogen-bond acceptors (Lipinski definition) is 3. The zero-order chi connectivity index (χ0) is 20.1. The van der Waals surface area contributed by atoms with Crippen LogP contribution in [-0.2, 0) is 22.2 Å². The minimum atomic E-state index is -2.18. The van der Waals surface area contributed by atoms with Gasteiger partial charge in [-0.1, -0.05) is 51.1 Å². The first kappa shape index (κ1) is 22.8. The molecule has 4 nitrogen and oxygen atoms in total. The second-order valence-corrected chi connectivity index (χ2v) is 15.2. The van der Waals surface area contributed by atoms with Crippen molar-refractivity contribution in [2.45, 2.75) is 71.1 Å². The monoisotopic (exact) mass is 410 g/mol. The molecule has 27 heavy (non-hydrogen) atoms. The van der Waals surface area contributed by atoms with Crippen molar-refractivity contribution in [1.82, 2.24) is 4.31 Å². The van der Waals surface area contributed by atoms with E-state index >= 15 is 0 Å². The molecule has 0 spiro atoms. The molecule has 2 rings (SSSR count). The molecule has 154 valence electrons. The van der Waals surface area contributed by atoms with Crippen molar-refractivity contribution in [1.29, 1.82) is 0 Å². The Bertz CT molecular complexity index is 595. The highest BCUT2D eigenvalue weighted by Crippen LogP contribution is 2.38. The summed E-state index contributed by atoms with van der Waals surface area (Å²) in [6.07, 6.45) is 4.47. The van der Waals surface area contributed by atoms with E-state index in [4.69, 9.17) is 4.43 Å². The normalized spacial score (nSPS) is 22.8. The lowest BCUT2D eigenvalue weighted by molar-refractivity contribution is 0.160. The van der Waals surface area contributed by atoms with Gasteiger partial charge in [0.05, 0.1) is 0 Å². The van der Waals surface area contributed by atoms with Gasteiger partial charge in [0.15, 0.2) is 8.32 Å². The summed E-state index contributed by atoms with van der Waals surface area (Å²) in [5.41, 5.74) is 1.04. The van der Waals surface area contributed by atoms with Gasteiger partial charge < -0.3 is 8.98 Å². The van der Waals surface area contributed by atoms with Crippen molar-refractivity contribution in [3.05, 3.63) is 35.9 Å². The molecule has 0 radical (unpaired) electrons. The molecule has 0 amide bonds. The maximum Gasteiger partial charge on any atom is 0.191 e. The molecule has 1 aromatic carbocycles. The smallest absolute Gasteiger partial charge is 0.191 e. The van der Waals surface area contributed by atoms with Crippen molar-refractivity contribution >= 4 is 19.6 Å². The lowest BCUT2D eigenvalue weighted by Gasteiger charge is -2.39. The Balaban J connectivity index is 1.79. The third kappa shape index (κ3) is 7.09. The third-order valence-electron chi connectivity index (χ3n) is 6.33. The van der Waals surface area contributed by atoms with Crippen molar-refractivity contribution in [3.63, 3.8) is 0 Å². The largest absolute Gasteiger partial charge is 0.760 e. The molecule has 1 aliphatic carbocycles. The standard InChI is InChI=1S/C21H37NO3SSi/c1-21(2,3)27(4,5)25-17-20-13-11-19(12-14-20)16-22(26(23)24)15-18-9-7-6-8-10-18/h6-10,19-20H,11-17H2,1-5H3,(H,23,24)/p-1. The molecular weight excluding hydrogens is 374 g/mol. The Morgan fingerprint density at radius 2 is 1.67 bits per heavy atom. The number of nitrogens with zero attached hydrogens (tertiary/aromatic N) is 1. The Kier molecular flexibility index (Phi) is 8.25. The molecule has 0 saturated heterocycles. The Morgan fingerprint density at radius 3 is 2.19 bits per heavy atom. The van der Waals surface area contributed by atoms with E-state index < -0.39 is 19.6 Å². The van der Waals surface area contributed by atoms with Crippen LogP contribution in [-0.4, -0.2) is 34.5 Å². The highest BCUT2D eigenvalue weighted by molar-refractivity contribution is 7.76. The molecule has 0 bridgehead atoms. The minimum Gasteiger partial charge on any atom is -0.760 e. The van der Waals surface area contributed by atoms with Crippen LogP contribution >= 0.6 is 0 Å². The molecule has 0 aliphatic heterocycles. The van der Waals surface area contributed by atoms with Crippen LogP contribution < -0.4 is 0 Å². The van der Waals surface area contributed by atoms with Crippen LogP contribution in [0, 0.1) is 11.8 Å². The van der Waals surface area contributed by atoms with E-state index in [0.29, 0.717) is 24.9 Å². The second kappa shape index (κ2) is 9.79. The number of benzene rings is 1. The Hall–Kier alpha value is -0.533. The van der Waals surface area contributed by atoms with Crippen molar-refractivity contribution in [2.24, 2.45) is 11.8 Å². The molecule has 0 heterocycles. The predicted molar refractivity (Wildman–Crippen MR) is 114 cm³/mol. The minimum absolute atomic E-state index is 0.250. The average molecular weight is 411 g/mol. The predicted octanol–water partition coefficient (Wildman–Crippen LogP) is 5.11. The molecule has 1 unspecified atom stereocenters. The summed E-state index contributed by atoms with van der Waals surface area (Å²) in [4.78, 5) is 0. The van der Waals surface area contributed by atoms with E-state index in [0.717, 1.165) is 37.9 Å². The average Bonchev–Trinajstić information content (AvgIpc) is 2.60. The Morgan fingerprint density at radius 1 is 1.11 bits per heavy atom. The first-order valence-electron chi connectivity index (χ1n) is 10.1. The molecule has 1 fully saturated rings. The van der Waals surface area contributed by atoms with Crippen LogP contribution in [0.25, 0.3) is 0 Å². The van der Waals surface area contributed by atoms with Gasteiger partial charge in [-0.2, -0.15) is 0 Å². The zero-order valence-corrected chi connectivity index (χ0v) is 19.4. The van der Waals surface area contributed by atoms with Crippen molar-refractivity contribution in [2.75, 3.05) is 13.2 Å². The fourth-order valence-corrected chi connectivity index (χ4v) is 5.05. The van der Waals surface area contributed by atoms with Gasteiger partial charge in [-0.15, -0.1) is 0 Å². The summed E-state index contributed by atoms with van der Waals surface area (Å²) in [6, 6.07) is 9.82. The van der Waals surface area contributed by atoms with Gasteiger partial charge in [-0.25, -0.2) is 4.31 Å². The molecule has 0 N–H and O–H groups in total. The van der Waals surface area contributed by atoms with Crippen LogP contribution in [0.2, 0.25) is 18.1 Å². The quantitative estimate of drug-likeness (QED) is 0.442. The molecule has 1 saturated carbocycles. The van der Waals surface area contributed by atoms with Crippen molar-refractivity contribution < 1.29 is 13.2 Å². The van der Waals surface area contributed by atoms with Crippen LogP contribution in [0.4, 0.5) is 0 Å². The fourth-order valence-electron chi connectivity index (χ4n) is 3.38. The van der Waals surface area contributed by atoms with Crippen LogP contribution in [0.3, 0.4) is 0 Å². The topological polar surface area (TPSA) is 52.6 Å². The van der Waals surface area contributed by atoms with E-state index in [-0.39, 0.29) is 5.04 Å². The zero-order valence-electron chi connectivity index (χ0n) is 17.6. The number of rotatable bonds is 8. The summed E-state index contributed by atoms with van der Waals surface area (Å²) in [6.45, 7) is 13.4. The van der Waals surface area contributed by atoms with Gasteiger partial charge in [-0.05, 0) is 61.2 Å². The summed E-state index contributed by atoms with van der Waals surface area (Å²) in [7, 11) is -1.68. The van der Waals surface area contributed by atoms with Gasteiger partial charge in [0.25, 0.3) is 0 Å². The van der Waals surface area contributed by atoms with E-state index in [2.05, 4.69) is 33.9 Å². The second-order valence-electron chi connectivity index (χ2n) is 9.48. The van der Waals surface area contributed by atoms with Gasteiger partial charge >= 0.3 is 0 Å². The van der Waals surface area contributed by atoms with Crippen LogP contribution in [0.1, 0.15) is 52.0 Å². The summed E-state index contributed by atoms with van der Waals surface area (Å²) < 4.78 is 31.3. The first-order valence-corrected chi connectivity index (χ1v) is 14.0. The van der Waals surface area contributed by atoms with E-state index in [1.807, 2.05) is 30.3 Å². The highest BCUT2D eigenvalue weighted by atomic mass is 32.2. The molecule has 1 atom stereocenters. The lowest BCUT2D eigenvalue weighted by atomic mass is 9.82. The summed E-state index contributed by atoms with van der Waals surface area (Å²) >= 11 is -2.18. The maximum atomic E-state index is 11.7. The lowest BCUT2D eigenvalue weighted by Crippen LogP contribution is -2.42. The highest BCUT2D eigenvalue weighted by Gasteiger charge is 2.37. The molecule has 1 aromatic rings. The van der Waals surface area contributed by atoms with E-state index in [1.165, 1.54) is 0 Å². The summed E-state index contributed by atoms with van der Waals surface area (Å²) in [5, 5.41) is 0.250. The SMILES string of the molecule is CC(C)(C)[Si](C)(C)OCC1CCC(CN(Cc2ccccc2)S(=O)[O-])CC1. The number of hydrogen-bond donors (Lipinski definition) is 0. The molecular formula is C21H36NO3SSi-. The first-order chi connectivity index (χ1) is 12.6. The van der Waals surface area contributed by atoms with E-state index in [9.17, 15) is 8.76 Å². The maximum absolute atomic E-state index is 11.7.